The number of ether oxygens (including phenoxy) is 1. The van der Waals surface area contributed by atoms with Crippen LogP contribution >= 0.6 is 0 Å². The van der Waals surface area contributed by atoms with Crippen LogP contribution in [-0.4, -0.2) is 64.4 Å². The van der Waals surface area contributed by atoms with E-state index in [1.807, 2.05) is 0 Å². The van der Waals surface area contributed by atoms with E-state index in [1.54, 1.807) is 7.05 Å². The molecule has 1 aliphatic rings. The molecule has 0 spiro atoms. The summed E-state index contributed by atoms with van der Waals surface area (Å²) in [7, 11) is 1.65. The van der Waals surface area contributed by atoms with Crippen molar-refractivity contribution in [1.82, 2.24) is 9.21 Å². The van der Waals surface area contributed by atoms with E-state index in [0.29, 0.717) is 6.54 Å². The highest BCUT2D eigenvalue weighted by atomic mass is 32.2. The Morgan fingerprint density at radius 1 is 1.50 bits per heavy atom. The van der Waals surface area contributed by atoms with Gasteiger partial charge in [-0.25, -0.2) is 8.51 Å². The zero-order valence-electron chi connectivity index (χ0n) is 8.52. The fourth-order valence-corrected chi connectivity index (χ4v) is 1.71. The summed E-state index contributed by atoms with van der Waals surface area (Å²) in [6.45, 7) is 5.20. The van der Waals surface area contributed by atoms with Crippen LogP contribution in [0.3, 0.4) is 0 Å². The minimum atomic E-state index is -1.83. The molecule has 1 heterocycles. The lowest BCUT2D eigenvalue weighted by molar-refractivity contribution is 0.0370. The van der Waals surface area contributed by atoms with Crippen LogP contribution < -0.4 is 0 Å². The van der Waals surface area contributed by atoms with Crippen molar-refractivity contribution in [2.75, 3.05) is 46.4 Å². The van der Waals surface area contributed by atoms with Crippen molar-refractivity contribution >= 4 is 11.3 Å². The van der Waals surface area contributed by atoms with E-state index in [9.17, 15) is 4.21 Å². The smallest absolute Gasteiger partial charge is 0.234 e. The van der Waals surface area contributed by atoms with Gasteiger partial charge in [-0.3, -0.25) is 9.45 Å². The van der Waals surface area contributed by atoms with Crippen LogP contribution in [0.25, 0.3) is 0 Å². The van der Waals surface area contributed by atoms with Gasteiger partial charge >= 0.3 is 0 Å². The molecule has 14 heavy (non-hydrogen) atoms. The maximum Gasteiger partial charge on any atom is 0.234 e. The molecule has 1 N–H and O–H groups in total. The predicted molar refractivity (Wildman–Crippen MR) is 55.3 cm³/mol. The van der Waals surface area contributed by atoms with Crippen molar-refractivity contribution in [2.24, 2.45) is 0 Å². The van der Waals surface area contributed by atoms with Gasteiger partial charge in [0.15, 0.2) is 0 Å². The Labute approximate surface area is 87.4 Å². The third-order valence-corrected chi connectivity index (χ3v) is 3.03. The molecule has 1 aliphatic heterocycles. The summed E-state index contributed by atoms with van der Waals surface area (Å²) in [4.78, 5) is 2.32. The summed E-state index contributed by atoms with van der Waals surface area (Å²) < 4.78 is 26.0. The standard InChI is InChI=1S/C8H18N2O3S/c1-9(14(11)12)3-2-4-10-5-7-13-8-6-10/h2-8H2,1H3,(H,11,12). The van der Waals surface area contributed by atoms with Gasteiger partial charge in [0.2, 0.25) is 11.3 Å². The SMILES string of the molecule is CN(CCCN1CCOCC1)S(=O)O. The highest BCUT2D eigenvalue weighted by molar-refractivity contribution is 7.76. The van der Waals surface area contributed by atoms with Crippen molar-refractivity contribution < 1.29 is 13.5 Å². The molecular formula is C8H18N2O3S. The number of morpholine rings is 1. The van der Waals surface area contributed by atoms with Crippen LogP contribution in [0.5, 0.6) is 0 Å². The van der Waals surface area contributed by atoms with Crippen LogP contribution in [0.15, 0.2) is 0 Å². The van der Waals surface area contributed by atoms with Crippen molar-refractivity contribution in [1.29, 1.82) is 0 Å². The molecule has 1 atom stereocenters. The van der Waals surface area contributed by atoms with Gasteiger partial charge in [-0.15, -0.1) is 0 Å². The highest BCUT2D eigenvalue weighted by Crippen LogP contribution is 1.99. The zero-order chi connectivity index (χ0) is 10.4. The summed E-state index contributed by atoms with van der Waals surface area (Å²) in [6.07, 6.45) is 0.919. The fourth-order valence-electron chi connectivity index (χ4n) is 1.42. The molecule has 0 amide bonds. The predicted octanol–water partition coefficient (Wildman–Crippen LogP) is -0.223. The molecular weight excluding hydrogens is 204 g/mol. The third kappa shape index (κ3) is 4.47. The monoisotopic (exact) mass is 222 g/mol. The number of nitrogens with zero attached hydrogens (tertiary/aromatic N) is 2. The molecule has 0 radical (unpaired) electrons. The van der Waals surface area contributed by atoms with Gasteiger partial charge in [-0.1, -0.05) is 0 Å². The second-order valence-corrected chi connectivity index (χ2v) is 4.47. The van der Waals surface area contributed by atoms with Crippen molar-refractivity contribution in [3.63, 3.8) is 0 Å². The molecule has 0 aromatic rings. The van der Waals surface area contributed by atoms with Crippen LogP contribution in [0.4, 0.5) is 0 Å². The molecule has 0 aromatic carbocycles. The lowest BCUT2D eigenvalue weighted by atomic mass is 10.3. The second kappa shape index (κ2) is 6.47. The summed E-state index contributed by atoms with van der Waals surface area (Å²) >= 11 is -1.83. The lowest BCUT2D eigenvalue weighted by Crippen LogP contribution is -2.38. The zero-order valence-corrected chi connectivity index (χ0v) is 9.33. The first-order chi connectivity index (χ1) is 6.70. The van der Waals surface area contributed by atoms with E-state index in [1.165, 1.54) is 4.31 Å². The van der Waals surface area contributed by atoms with E-state index in [0.717, 1.165) is 39.3 Å². The second-order valence-electron chi connectivity index (χ2n) is 3.39. The van der Waals surface area contributed by atoms with E-state index in [4.69, 9.17) is 9.29 Å². The Balaban J connectivity index is 2.05. The molecule has 84 valence electrons. The van der Waals surface area contributed by atoms with Crippen molar-refractivity contribution in [2.45, 2.75) is 6.42 Å². The Morgan fingerprint density at radius 3 is 2.71 bits per heavy atom. The molecule has 0 bridgehead atoms. The summed E-state index contributed by atoms with van der Waals surface area (Å²) in [5, 5.41) is 0. The van der Waals surface area contributed by atoms with Crippen LogP contribution in [0.2, 0.25) is 0 Å². The first-order valence-corrected chi connectivity index (χ1v) is 5.88. The minimum absolute atomic E-state index is 0.653. The highest BCUT2D eigenvalue weighted by Gasteiger charge is 2.10. The maximum atomic E-state index is 10.6. The Kier molecular flexibility index (Phi) is 5.57. The van der Waals surface area contributed by atoms with Gasteiger partial charge in [0, 0.05) is 26.7 Å². The van der Waals surface area contributed by atoms with E-state index in [-0.39, 0.29) is 0 Å². The largest absolute Gasteiger partial charge is 0.379 e. The molecule has 0 aromatic heterocycles. The van der Waals surface area contributed by atoms with Crippen LogP contribution in [0.1, 0.15) is 6.42 Å². The molecule has 0 aliphatic carbocycles. The third-order valence-electron chi connectivity index (χ3n) is 2.32. The number of rotatable bonds is 5. The summed E-state index contributed by atoms with van der Waals surface area (Å²) in [5.41, 5.74) is 0. The fraction of sp³-hybridized carbons (Fsp3) is 1.00. The molecule has 6 heteroatoms. The van der Waals surface area contributed by atoms with Gasteiger partial charge in [0.05, 0.1) is 13.2 Å². The topological polar surface area (TPSA) is 53.0 Å². The Bertz CT molecular complexity index is 185. The van der Waals surface area contributed by atoms with Crippen LogP contribution in [0, 0.1) is 0 Å². The molecule has 1 saturated heterocycles. The lowest BCUT2D eigenvalue weighted by Gasteiger charge is -2.26. The average Bonchev–Trinajstić information content (AvgIpc) is 2.19. The molecule has 1 unspecified atom stereocenters. The van der Waals surface area contributed by atoms with Crippen molar-refractivity contribution in [3.8, 4) is 0 Å². The van der Waals surface area contributed by atoms with E-state index >= 15 is 0 Å². The molecule has 1 fully saturated rings. The maximum absolute atomic E-state index is 10.6. The molecule has 0 saturated carbocycles. The van der Waals surface area contributed by atoms with Crippen molar-refractivity contribution in [3.05, 3.63) is 0 Å². The summed E-state index contributed by atoms with van der Waals surface area (Å²) in [6, 6.07) is 0. The molecule has 5 nitrogen and oxygen atoms in total. The van der Waals surface area contributed by atoms with Crippen LogP contribution in [-0.2, 0) is 16.0 Å². The Hall–Kier alpha value is -0.0100. The first-order valence-electron chi connectivity index (χ1n) is 4.82. The van der Waals surface area contributed by atoms with Gasteiger partial charge in [-0.05, 0) is 13.0 Å². The van der Waals surface area contributed by atoms with Gasteiger partial charge < -0.3 is 4.74 Å². The van der Waals surface area contributed by atoms with Gasteiger partial charge in [-0.2, -0.15) is 0 Å². The van der Waals surface area contributed by atoms with Gasteiger partial charge in [0.25, 0.3) is 0 Å². The molecule has 1 rings (SSSR count). The average molecular weight is 222 g/mol. The van der Waals surface area contributed by atoms with E-state index < -0.39 is 11.3 Å². The Morgan fingerprint density at radius 2 is 2.14 bits per heavy atom. The minimum Gasteiger partial charge on any atom is -0.379 e. The quantitative estimate of drug-likeness (QED) is 0.653. The number of hydrogen-bond donors (Lipinski definition) is 1. The summed E-state index contributed by atoms with van der Waals surface area (Å²) in [5.74, 6) is 0. The number of hydrogen-bond acceptors (Lipinski definition) is 3. The normalized spacial score (nSPS) is 21.4. The first kappa shape index (κ1) is 12.1. The van der Waals surface area contributed by atoms with E-state index in [2.05, 4.69) is 4.90 Å². The van der Waals surface area contributed by atoms with Gasteiger partial charge in [0.1, 0.15) is 0 Å².